The molecule has 0 heterocycles. The molecule has 3 nitrogen and oxygen atoms in total. The second-order valence-electron chi connectivity index (χ2n) is 4.19. The topological polar surface area (TPSA) is 49.3 Å². The van der Waals surface area contributed by atoms with E-state index in [0.717, 1.165) is 12.8 Å². The predicted octanol–water partition coefficient (Wildman–Crippen LogP) is 3.09. The van der Waals surface area contributed by atoms with Gasteiger partial charge in [0.15, 0.2) is 0 Å². The highest BCUT2D eigenvalue weighted by Gasteiger charge is 2.08. The Morgan fingerprint density at radius 2 is 1.88 bits per heavy atom. The average Bonchev–Trinajstić information content (AvgIpc) is 2.34. The third-order valence-corrected chi connectivity index (χ3v) is 2.71. The standard InChI is InChI=1S/C14H21NO2/c1-2-3-4-5-8-11-15-14(17)12-9-6-7-10-13(12)16/h6-7,9-10,16H,2-5,8,11H2,1H3,(H,15,17). The van der Waals surface area contributed by atoms with Crippen LogP contribution in [0.25, 0.3) is 0 Å². The fourth-order valence-corrected chi connectivity index (χ4v) is 1.69. The van der Waals surface area contributed by atoms with E-state index in [1.807, 2.05) is 0 Å². The van der Waals surface area contributed by atoms with Gasteiger partial charge in [-0.3, -0.25) is 4.79 Å². The molecule has 0 bridgehead atoms. The van der Waals surface area contributed by atoms with Gasteiger partial charge in [0.25, 0.3) is 5.91 Å². The van der Waals surface area contributed by atoms with Crippen LogP contribution in [0.1, 0.15) is 49.4 Å². The van der Waals surface area contributed by atoms with E-state index < -0.39 is 0 Å². The summed E-state index contributed by atoms with van der Waals surface area (Å²) in [5, 5.41) is 12.3. The lowest BCUT2D eigenvalue weighted by molar-refractivity contribution is 0.0950. The van der Waals surface area contributed by atoms with Crippen molar-refractivity contribution < 1.29 is 9.90 Å². The first-order chi connectivity index (χ1) is 8.25. The lowest BCUT2D eigenvalue weighted by atomic mass is 10.1. The van der Waals surface area contributed by atoms with Gasteiger partial charge < -0.3 is 10.4 Å². The number of hydrogen-bond donors (Lipinski definition) is 2. The van der Waals surface area contributed by atoms with E-state index in [9.17, 15) is 9.90 Å². The van der Waals surface area contributed by atoms with Gasteiger partial charge in [0, 0.05) is 6.54 Å². The minimum Gasteiger partial charge on any atom is -0.507 e. The van der Waals surface area contributed by atoms with Crippen molar-refractivity contribution >= 4 is 5.91 Å². The molecule has 1 amide bonds. The molecule has 0 saturated carbocycles. The van der Waals surface area contributed by atoms with Crippen LogP contribution in [0.2, 0.25) is 0 Å². The first-order valence-corrected chi connectivity index (χ1v) is 6.32. The van der Waals surface area contributed by atoms with Crippen LogP contribution in [0.3, 0.4) is 0 Å². The Bertz CT molecular complexity index is 350. The second kappa shape index (κ2) is 7.71. The van der Waals surface area contributed by atoms with Gasteiger partial charge in [-0.2, -0.15) is 0 Å². The first kappa shape index (κ1) is 13.6. The third-order valence-electron chi connectivity index (χ3n) is 2.71. The van der Waals surface area contributed by atoms with Crippen molar-refractivity contribution in [2.75, 3.05) is 6.54 Å². The van der Waals surface area contributed by atoms with Gasteiger partial charge in [-0.1, -0.05) is 44.7 Å². The number of nitrogens with one attached hydrogen (secondary N) is 1. The minimum atomic E-state index is -0.196. The zero-order valence-electron chi connectivity index (χ0n) is 10.4. The fourth-order valence-electron chi connectivity index (χ4n) is 1.69. The number of amides is 1. The number of unbranched alkanes of at least 4 members (excludes halogenated alkanes) is 4. The molecular formula is C14H21NO2. The molecule has 0 aliphatic heterocycles. The molecule has 0 unspecified atom stereocenters. The monoisotopic (exact) mass is 235 g/mol. The van der Waals surface area contributed by atoms with Crippen molar-refractivity contribution in [3.05, 3.63) is 29.8 Å². The van der Waals surface area contributed by atoms with Gasteiger partial charge in [0.1, 0.15) is 5.75 Å². The highest BCUT2D eigenvalue weighted by atomic mass is 16.3. The molecule has 0 aromatic heterocycles. The van der Waals surface area contributed by atoms with Gasteiger partial charge >= 0.3 is 0 Å². The molecule has 0 spiro atoms. The Hall–Kier alpha value is -1.51. The highest BCUT2D eigenvalue weighted by Crippen LogP contribution is 2.14. The normalized spacial score (nSPS) is 10.2. The van der Waals surface area contributed by atoms with E-state index in [2.05, 4.69) is 12.2 Å². The molecule has 1 rings (SSSR count). The molecule has 0 fully saturated rings. The molecule has 2 N–H and O–H groups in total. The molecule has 0 saturated heterocycles. The van der Waals surface area contributed by atoms with Gasteiger partial charge in [0.05, 0.1) is 5.56 Å². The third kappa shape index (κ3) is 4.89. The van der Waals surface area contributed by atoms with Crippen molar-refractivity contribution in [3.8, 4) is 5.75 Å². The molecule has 0 aliphatic rings. The Morgan fingerprint density at radius 3 is 2.59 bits per heavy atom. The van der Waals surface area contributed by atoms with Crippen LogP contribution in [-0.4, -0.2) is 17.6 Å². The summed E-state index contributed by atoms with van der Waals surface area (Å²) in [5.41, 5.74) is 0.348. The summed E-state index contributed by atoms with van der Waals surface area (Å²) in [6.45, 7) is 2.86. The van der Waals surface area contributed by atoms with E-state index in [0.29, 0.717) is 12.1 Å². The minimum absolute atomic E-state index is 0.0379. The van der Waals surface area contributed by atoms with E-state index in [1.54, 1.807) is 18.2 Å². The SMILES string of the molecule is CCCCCCCNC(=O)c1ccccc1O. The summed E-state index contributed by atoms with van der Waals surface area (Å²) in [5.74, 6) is -0.158. The number of phenols is 1. The number of carbonyl (C=O) groups excluding carboxylic acids is 1. The van der Waals surface area contributed by atoms with Crippen LogP contribution >= 0.6 is 0 Å². The number of aromatic hydroxyl groups is 1. The lowest BCUT2D eigenvalue weighted by Crippen LogP contribution is -2.24. The zero-order chi connectivity index (χ0) is 12.5. The molecule has 3 heteroatoms. The Labute approximate surface area is 103 Å². The van der Waals surface area contributed by atoms with Gasteiger partial charge in [-0.05, 0) is 18.6 Å². The fraction of sp³-hybridized carbons (Fsp3) is 0.500. The molecule has 0 aliphatic carbocycles. The van der Waals surface area contributed by atoms with Crippen LogP contribution in [0.5, 0.6) is 5.75 Å². The summed E-state index contributed by atoms with van der Waals surface area (Å²) in [7, 11) is 0. The molecule has 17 heavy (non-hydrogen) atoms. The van der Waals surface area contributed by atoms with E-state index in [1.165, 1.54) is 25.3 Å². The number of para-hydroxylation sites is 1. The van der Waals surface area contributed by atoms with Crippen molar-refractivity contribution in [3.63, 3.8) is 0 Å². The molecule has 1 aromatic rings. The van der Waals surface area contributed by atoms with E-state index in [-0.39, 0.29) is 11.7 Å². The number of carbonyl (C=O) groups is 1. The highest BCUT2D eigenvalue weighted by molar-refractivity contribution is 5.96. The smallest absolute Gasteiger partial charge is 0.255 e. The molecule has 0 atom stereocenters. The summed E-state index contributed by atoms with van der Waals surface area (Å²) >= 11 is 0. The second-order valence-corrected chi connectivity index (χ2v) is 4.19. The molecule has 94 valence electrons. The van der Waals surface area contributed by atoms with Crippen molar-refractivity contribution in [2.24, 2.45) is 0 Å². The van der Waals surface area contributed by atoms with Crippen LogP contribution in [0.4, 0.5) is 0 Å². The van der Waals surface area contributed by atoms with Gasteiger partial charge in [0.2, 0.25) is 0 Å². The van der Waals surface area contributed by atoms with Crippen molar-refractivity contribution in [1.29, 1.82) is 0 Å². The van der Waals surface area contributed by atoms with Crippen LogP contribution in [-0.2, 0) is 0 Å². The average molecular weight is 235 g/mol. The maximum absolute atomic E-state index is 11.7. The lowest BCUT2D eigenvalue weighted by Gasteiger charge is -2.06. The van der Waals surface area contributed by atoms with Gasteiger partial charge in [-0.15, -0.1) is 0 Å². The number of hydrogen-bond acceptors (Lipinski definition) is 2. The summed E-state index contributed by atoms with van der Waals surface area (Å²) in [6.07, 6.45) is 5.86. The maximum Gasteiger partial charge on any atom is 0.255 e. The largest absolute Gasteiger partial charge is 0.507 e. The quantitative estimate of drug-likeness (QED) is 0.713. The maximum atomic E-state index is 11.7. The van der Waals surface area contributed by atoms with Crippen LogP contribution < -0.4 is 5.32 Å². The molecule has 0 radical (unpaired) electrons. The number of rotatable bonds is 7. The Kier molecular flexibility index (Phi) is 6.15. The van der Waals surface area contributed by atoms with Crippen molar-refractivity contribution in [1.82, 2.24) is 5.32 Å². The summed E-state index contributed by atoms with van der Waals surface area (Å²) in [6, 6.07) is 6.60. The molecule has 1 aromatic carbocycles. The van der Waals surface area contributed by atoms with Crippen molar-refractivity contribution in [2.45, 2.75) is 39.0 Å². The summed E-state index contributed by atoms with van der Waals surface area (Å²) < 4.78 is 0. The Balaban J connectivity index is 2.24. The number of phenolic OH excluding ortho intramolecular Hbond substituents is 1. The first-order valence-electron chi connectivity index (χ1n) is 6.32. The van der Waals surface area contributed by atoms with E-state index in [4.69, 9.17) is 0 Å². The Morgan fingerprint density at radius 1 is 1.18 bits per heavy atom. The zero-order valence-corrected chi connectivity index (χ0v) is 10.4. The van der Waals surface area contributed by atoms with Crippen LogP contribution in [0.15, 0.2) is 24.3 Å². The van der Waals surface area contributed by atoms with Gasteiger partial charge in [-0.25, -0.2) is 0 Å². The molecular weight excluding hydrogens is 214 g/mol. The summed E-state index contributed by atoms with van der Waals surface area (Å²) in [4.78, 5) is 11.7. The van der Waals surface area contributed by atoms with E-state index >= 15 is 0 Å². The van der Waals surface area contributed by atoms with Crippen LogP contribution in [0, 0.1) is 0 Å². The number of benzene rings is 1. The predicted molar refractivity (Wildman–Crippen MR) is 69.2 cm³/mol.